The fraction of sp³-hybridized carbons (Fsp3) is 0.455. The van der Waals surface area contributed by atoms with E-state index >= 15 is 0 Å². The van der Waals surface area contributed by atoms with E-state index in [4.69, 9.17) is 4.98 Å². The van der Waals surface area contributed by atoms with Crippen LogP contribution in [-0.2, 0) is 13.6 Å². The molecule has 7 nitrogen and oxygen atoms in total. The number of nitrogens with zero attached hydrogens (tertiary/aromatic N) is 5. The third-order valence-corrected chi connectivity index (χ3v) is 6.21. The minimum atomic E-state index is -0.0129. The van der Waals surface area contributed by atoms with Crippen molar-refractivity contribution in [1.82, 2.24) is 19.1 Å². The van der Waals surface area contributed by atoms with Gasteiger partial charge in [0, 0.05) is 38.7 Å². The van der Waals surface area contributed by atoms with Crippen molar-refractivity contribution in [2.75, 3.05) is 18.0 Å². The molecule has 150 valence electrons. The van der Waals surface area contributed by atoms with Crippen LogP contribution >= 0.6 is 0 Å². The van der Waals surface area contributed by atoms with Crippen molar-refractivity contribution in [1.29, 1.82) is 0 Å². The SMILES string of the molecule is Cn1c(N2CCC(Cn3cnc(C4CC4)cc3=O)CC2)nc2ccccc2c1=O. The molecule has 1 saturated heterocycles. The van der Waals surface area contributed by atoms with Gasteiger partial charge in [0.1, 0.15) is 0 Å². The first kappa shape index (κ1) is 18.1. The molecule has 2 fully saturated rings. The second-order valence-electron chi connectivity index (χ2n) is 8.30. The minimum Gasteiger partial charge on any atom is -0.342 e. The summed E-state index contributed by atoms with van der Waals surface area (Å²) in [5, 5.41) is 0.648. The van der Waals surface area contributed by atoms with E-state index < -0.39 is 0 Å². The van der Waals surface area contributed by atoms with Gasteiger partial charge >= 0.3 is 0 Å². The normalized spacial score (nSPS) is 17.8. The third kappa shape index (κ3) is 3.45. The summed E-state index contributed by atoms with van der Waals surface area (Å²) in [4.78, 5) is 36.5. The number of hydrogen-bond acceptors (Lipinski definition) is 5. The molecule has 0 atom stereocenters. The van der Waals surface area contributed by atoms with Crippen LogP contribution in [0.5, 0.6) is 0 Å². The summed E-state index contributed by atoms with van der Waals surface area (Å²) in [6, 6.07) is 9.19. The first-order chi connectivity index (χ1) is 14.1. The molecular weight excluding hydrogens is 366 g/mol. The predicted molar refractivity (Wildman–Crippen MR) is 112 cm³/mol. The summed E-state index contributed by atoms with van der Waals surface area (Å²) in [6.07, 6.45) is 5.94. The summed E-state index contributed by atoms with van der Waals surface area (Å²) in [5.41, 5.74) is 1.73. The Bertz CT molecular complexity index is 1170. The summed E-state index contributed by atoms with van der Waals surface area (Å²) in [6.45, 7) is 2.35. The van der Waals surface area contributed by atoms with Crippen molar-refractivity contribution in [3.63, 3.8) is 0 Å². The van der Waals surface area contributed by atoms with E-state index in [1.165, 1.54) is 0 Å². The quantitative estimate of drug-likeness (QED) is 0.682. The summed E-state index contributed by atoms with van der Waals surface area (Å²) in [5.74, 6) is 1.65. The van der Waals surface area contributed by atoms with Crippen molar-refractivity contribution in [2.45, 2.75) is 38.1 Å². The molecule has 1 saturated carbocycles. The van der Waals surface area contributed by atoms with Crippen molar-refractivity contribution < 1.29 is 0 Å². The molecule has 0 radical (unpaired) electrons. The maximum atomic E-state index is 12.7. The zero-order valence-corrected chi connectivity index (χ0v) is 16.6. The molecule has 29 heavy (non-hydrogen) atoms. The maximum absolute atomic E-state index is 12.7. The van der Waals surface area contributed by atoms with Gasteiger partial charge in [0.05, 0.1) is 22.9 Å². The Kier molecular flexibility index (Phi) is 4.45. The number of piperidine rings is 1. The zero-order chi connectivity index (χ0) is 20.0. The van der Waals surface area contributed by atoms with Gasteiger partial charge < -0.3 is 4.90 Å². The standard InChI is InChI=1S/C22H25N5O2/c1-25-21(29)17-4-2-3-5-18(17)24-22(25)26-10-8-15(9-11-26)13-27-14-23-19(12-20(27)28)16-6-7-16/h2-5,12,14-16H,6-11,13H2,1H3. The van der Waals surface area contributed by atoms with Gasteiger partial charge in [-0.1, -0.05) is 12.1 Å². The van der Waals surface area contributed by atoms with E-state index in [1.54, 1.807) is 28.6 Å². The molecule has 2 aliphatic rings. The van der Waals surface area contributed by atoms with Gasteiger partial charge in [0.2, 0.25) is 5.95 Å². The molecule has 0 bridgehead atoms. The van der Waals surface area contributed by atoms with Crippen LogP contribution in [0.25, 0.3) is 10.9 Å². The fourth-order valence-electron chi connectivity index (χ4n) is 4.26. The first-order valence-corrected chi connectivity index (χ1v) is 10.4. The molecule has 3 aromatic rings. The Balaban J connectivity index is 1.29. The lowest BCUT2D eigenvalue weighted by Crippen LogP contribution is -2.39. The number of benzene rings is 1. The van der Waals surface area contributed by atoms with Gasteiger partial charge in [-0.05, 0) is 43.7 Å². The number of aromatic nitrogens is 4. The van der Waals surface area contributed by atoms with Crippen LogP contribution in [0.1, 0.15) is 37.3 Å². The topological polar surface area (TPSA) is 73.0 Å². The summed E-state index contributed by atoms with van der Waals surface area (Å²) < 4.78 is 3.39. The Morgan fingerprint density at radius 1 is 1.07 bits per heavy atom. The molecular formula is C22H25N5O2. The number of rotatable bonds is 4. The monoisotopic (exact) mass is 391 g/mol. The van der Waals surface area contributed by atoms with Crippen LogP contribution in [0, 0.1) is 5.92 Å². The highest BCUT2D eigenvalue weighted by atomic mass is 16.1. The number of hydrogen-bond donors (Lipinski definition) is 0. The maximum Gasteiger partial charge on any atom is 0.262 e. The van der Waals surface area contributed by atoms with E-state index in [9.17, 15) is 9.59 Å². The molecule has 3 heterocycles. The van der Waals surface area contributed by atoms with Crippen molar-refractivity contribution in [3.05, 3.63) is 63.1 Å². The van der Waals surface area contributed by atoms with Crippen LogP contribution in [0.3, 0.4) is 0 Å². The third-order valence-electron chi connectivity index (χ3n) is 6.21. The van der Waals surface area contributed by atoms with Gasteiger partial charge in [0.15, 0.2) is 0 Å². The molecule has 1 aliphatic carbocycles. The highest BCUT2D eigenvalue weighted by Crippen LogP contribution is 2.38. The molecule has 0 unspecified atom stereocenters. The van der Waals surface area contributed by atoms with Crippen LogP contribution in [0.2, 0.25) is 0 Å². The van der Waals surface area contributed by atoms with E-state index in [0.29, 0.717) is 23.8 Å². The van der Waals surface area contributed by atoms with E-state index in [-0.39, 0.29) is 11.1 Å². The Morgan fingerprint density at radius 2 is 1.83 bits per heavy atom. The lowest BCUT2D eigenvalue weighted by molar-refractivity contribution is 0.347. The highest BCUT2D eigenvalue weighted by Gasteiger charge is 2.26. The first-order valence-electron chi connectivity index (χ1n) is 10.4. The smallest absolute Gasteiger partial charge is 0.262 e. The molecule has 0 amide bonds. The molecule has 1 aromatic carbocycles. The average Bonchev–Trinajstić information content (AvgIpc) is 3.58. The van der Waals surface area contributed by atoms with Gasteiger partial charge in [-0.15, -0.1) is 0 Å². The Morgan fingerprint density at radius 3 is 2.55 bits per heavy atom. The number of fused-ring (bicyclic) bond motifs is 1. The molecule has 7 heteroatoms. The van der Waals surface area contributed by atoms with Crippen molar-refractivity contribution in [2.24, 2.45) is 13.0 Å². The lowest BCUT2D eigenvalue weighted by Gasteiger charge is -2.33. The molecule has 0 N–H and O–H groups in total. The van der Waals surface area contributed by atoms with E-state index in [0.717, 1.165) is 55.9 Å². The van der Waals surface area contributed by atoms with Crippen LogP contribution in [0.15, 0.2) is 46.2 Å². The van der Waals surface area contributed by atoms with Gasteiger partial charge in [-0.2, -0.15) is 0 Å². The second kappa shape index (κ2) is 7.13. The number of para-hydroxylation sites is 1. The average molecular weight is 391 g/mol. The molecule has 5 rings (SSSR count). The highest BCUT2D eigenvalue weighted by molar-refractivity contribution is 5.78. The predicted octanol–water partition coefficient (Wildman–Crippen LogP) is 2.28. The lowest BCUT2D eigenvalue weighted by atomic mass is 9.97. The van der Waals surface area contributed by atoms with Crippen LogP contribution in [0.4, 0.5) is 5.95 Å². The number of anilines is 1. The Labute approximate surface area is 168 Å². The largest absolute Gasteiger partial charge is 0.342 e. The van der Waals surface area contributed by atoms with Gasteiger partial charge in [-0.25, -0.2) is 9.97 Å². The zero-order valence-electron chi connectivity index (χ0n) is 16.6. The van der Waals surface area contributed by atoms with E-state index in [2.05, 4.69) is 9.88 Å². The Hall–Kier alpha value is -2.96. The van der Waals surface area contributed by atoms with Gasteiger partial charge in [-0.3, -0.25) is 18.7 Å². The van der Waals surface area contributed by atoms with Crippen molar-refractivity contribution >= 4 is 16.9 Å². The minimum absolute atomic E-state index is 0.0129. The molecule has 2 aromatic heterocycles. The van der Waals surface area contributed by atoms with Gasteiger partial charge in [0.25, 0.3) is 11.1 Å². The summed E-state index contributed by atoms with van der Waals surface area (Å²) in [7, 11) is 1.79. The molecule has 1 aliphatic heterocycles. The second-order valence-corrected chi connectivity index (χ2v) is 8.30. The fourth-order valence-corrected chi connectivity index (χ4v) is 4.26. The van der Waals surface area contributed by atoms with Crippen LogP contribution < -0.4 is 16.0 Å². The molecule has 0 spiro atoms. The van der Waals surface area contributed by atoms with Crippen LogP contribution in [-0.4, -0.2) is 32.2 Å². The van der Waals surface area contributed by atoms with E-state index in [1.807, 2.05) is 24.3 Å². The van der Waals surface area contributed by atoms with Crippen molar-refractivity contribution in [3.8, 4) is 0 Å². The summed E-state index contributed by atoms with van der Waals surface area (Å²) >= 11 is 0.